The third-order valence-corrected chi connectivity index (χ3v) is 4.12. The number of hydrogen-bond acceptors (Lipinski definition) is 3. The summed E-state index contributed by atoms with van der Waals surface area (Å²) >= 11 is 0. The molecule has 1 fully saturated rings. The average Bonchev–Trinajstić information content (AvgIpc) is 2.40. The van der Waals surface area contributed by atoms with E-state index >= 15 is 0 Å². The number of nitrogens with two attached hydrogens (primary N) is 1. The fourth-order valence-electron chi connectivity index (χ4n) is 3.03. The normalized spacial score (nSPS) is 28.6. The molecule has 2 aliphatic heterocycles. The van der Waals surface area contributed by atoms with Crippen molar-refractivity contribution < 1.29 is 9.47 Å². The number of hydrogen-bond donors (Lipinski definition) is 1. The lowest BCUT2D eigenvalue weighted by atomic mass is 9.86. The second kappa shape index (κ2) is 4.90. The zero-order valence-corrected chi connectivity index (χ0v) is 10.9. The molecule has 0 amide bonds. The standard InChI is InChI=1S/C15H21NO2/c1-10-2-3-14-12(8-10)13(16)9-15(18-14)11-4-6-17-7-5-11/h2-3,8,11,13,15H,4-7,9,16H2,1H3/t13-,15?/m0/s1. The molecular formula is C15H21NO2. The molecule has 0 radical (unpaired) electrons. The van der Waals surface area contributed by atoms with Crippen LogP contribution in [0, 0.1) is 12.8 Å². The van der Waals surface area contributed by atoms with E-state index in [1.54, 1.807) is 0 Å². The molecule has 0 saturated carbocycles. The third-order valence-electron chi connectivity index (χ3n) is 4.12. The van der Waals surface area contributed by atoms with Crippen molar-refractivity contribution >= 4 is 0 Å². The Bertz CT molecular complexity index is 427. The van der Waals surface area contributed by atoms with Gasteiger partial charge in [0.15, 0.2) is 0 Å². The molecule has 1 saturated heterocycles. The highest BCUT2D eigenvalue weighted by atomic mass is 16.5. The fourth-order valence-corrected chi connectivity index (χ4v) is 3.03. The van der Waals surface area contributed by atoms with Gasteiger partial charge in [0.25, 0.3) is 0 Å². The van der Waals surface area contributed by atoms with Crippen molar-refractivity contribution in [1.29, 1.82) is 0 Å². The van der Waals surface area contributed by atoms with Gasteiger partial charge >= 0.3 is 0 Å². The molecule has 0 bridgehead atoms. The molecule has 3 nitrogen and oxygen atoms in total. The van der Waals surface area contributed by atoms with Gasteiger partial charge in [0.1, 0.15) is 11.9 Å². The number of aryl methyl sites for hydroxylation is 1. The van der Waals surface area contributed by atoms with Crippen molar-refractivity contribution in [1.82, 2.24) is 0 Å². The minimum atomic E-state index is 0.112. The largest absolute Gasteiger partial charge is 0.490 e. The Hall–Kier alpha value is -1.06. The van der Waals surface area contributed by atoms with Crippen molar-refractivity contribution in [2.24, 2.45) is 11.7 Å². The molecule has 2 atom stereocenters. The number of ether oxygens (including phenoxy) is 2. The molecule has 2 heterocycles. The maximum absolute atomic E-state index is 6.30. The van der Waals surface area contributed by atoms with Crippen molar-refractivity contribution in [2.45, 2.75) is 38.3 Å². The Morgan fingerprint density at radius 2 is 2.00 bits per heavy atom. The van der Waals surface area contributed by atoms with Crippen LogP contribution in [0.4, 0.5) is 0 Å². The smallest absolute Gasteiger partial charge is 0.124 e. The summed E-state index contributed by atoms with van der Waals surface area (Å²) in [4.78, 5) is 0. The van der Waals surface area contributed by atoms with Crippen LogP contribution < -0.4 is 10.5 Å². The molecule has 0 aliphatic carbocycles. The van der Waals surface area contributed by atoms with Crippen LogP contribution in [0.5, 0.6) is 5.75 Å². The molecule has 0 spiro atoms. The monoisotopic (exact) mass is 247 g/mol. The van der Waals surface area contributed by atoms with Gasteiger partial charge in [0.2, 0.25) is 0 Å². The summed E-state index contributed by atoms with van der Waals surface area (Å²) in [6.07, 6.45) is 3.39. The van der Waals surface area contributed by atoms with Gasteiger partial charge in [-0.1, -0.05) is 17.7 Å². The summed E-state index contributed by atoms with van der Waals surface area (Å²) < 4.78 is 11.6. The highest BCUT2D eigenvalue weighted by molar-refractivity contribution is 5.40. The lowest BCUT2D eigenvalue weighted by molar-refractivity contribution is 0.00729. The number of fused-ring (bicyclic) bond motifs is 1. The molecule has 2 aliphatic rings. The summed E-state index contributed by atoms with van der Waals surface area (Å²) in [6.45, 7) is 3.82. The van der Waals surface area contributed by atoms with Crippen LogP contribution in [-0.4, -0.2) is 19.3 Å². The SMILES string of the molecule is Cc1ccc2c(c1)[C@@H](N)CC(C1CCOCC1)O2. The first-order chi connectivity index (χ1) is 8.74. The fraction of sp³-hybridized carbons (Fsp3) is 0.600. The first-order valence-electron chi connectivity index (χ1n) is 6.84. The van der Waals surface area contributed by atoms with Gasteiger partial charge in [-0.2, -0.15) is 0 Å². The van der Waals surface area contributed by atoms with Crippen LogP contribution >= 0.6 is 0 Å². The molecule has 98 valence electrons. The molecule has 1 aromatic rings. The van der Waals surface area contributed by atoms with Gasteiger partial charge in [-0.25, -0.2) is 0 Å². The van der Waals surface area contributed by atoms with E-state index < -0.39 is 0 Å². The molecule has 1 aromatic carbocycles. The second-order valence-corrected chi connectivity index (χ2v) is 5.49. The molecule has 18 heavy (non-hydrogen) atoms. The van der Waals surface area contributed by atoms with E-state index in [0.717, 1.165) is 38.2 Å². The van der Waals surface area contributed by atoms with Crippen molar-refractivity contribution in [3.63, 3.8) is 0 Å². The molecular weight excluding hydrogens is 226 g/mol. The summed E-state index contributed by atoms with van der Waals surface area (Å²) in [5, 5.41) is 0. The molecule has 2 N–H and O–H groups in total. The summed E-state index contributed by atoms with van der Waals surface area (Å²) in [5.74, 6) is 1.58. The third kappa shape index (κ3) is 2.25. The maximum Gasteiger partial charge on any atom is 0.124 e. The molecule has 3 heteroatoms. The van der Waals surface area contributed by atoms with Crippen LogP contribution in [-0.2, 0) is 4.74 Å². The van der Waals surface area contributed by atoms with E-state index in [-0.39, 0.29) is 12.1 Å². The lowest BCUT2D eigenvalue weighted by Crippen LogP contribution is -2.37. The van der Waals surface area contributed by atoms with Crippen molar-refractivity contribution in [3.8, 4) is 5.75 Å². The Kier molecular flexibility index (Phi) is 3.27. The number of benzene rings is 1. The zero-order valence-electron chi connectivity index (χ0n) is 10.9. The molecule has 3 rings (SSSR count). The summed E-state index contributed by atoms with van der Waals surface area (Å²) in [5.41, 5.74) is 8.71. The second-order valence-electron chi connectivity index (χ2n) is 5.49. The van der Waals surface area contributed by atoms with E-state index in [4.69, 9.17) is 15.2 Å². The van der Waals surface area contributed by atoms with Gasteiger partial charge in [0.05, 0.1) is 0 Å². The highest BCUT2D eigenvalue weighted by Gasteiger charge is 2.32. The summed E-state index contributed by atoms with van der Waals surface area (Å²) in [7, 11) is 0. The predicted octanol–water partition coefficient (Wildman–Crippen LogP) is 2.57. The molecule has 0 aromatic heterocycles. The molecule has 1 unspecified atom stereocenters. The van der Waals surface area contributed by atoms with Crippen molar-refractivity contribution in [2.75, 3.05) is 13.2 Å². The van der Waals surface area contributed by atoms with E-state index in [1.165, 1.54) is 11.1 Å². The Morgan fingerprint density at radius 1 is 1.22 bits per heavy atom. The minimum absolute atomic E-state index is 0.112. The van der Waals surface area contributed by atoms with Gasteiger partial charge in [-0.15, -0.1) is 0 Å². The first kappa shape index (κ1) is 12.0. The zero-order chi connectivity index (χ0) is 12.5. The maximum atomic E-state index is 6.30. The topological polar surface area (TPSA) is 44.5 Å². The van der Waals surface area contributed by atoms with Crippen LogP contribution in [0.25, 0.3) is 0 Å². The van der Waals surface area contributed by atoms with E-state index in [2.05, 4.69) is 25.1 Å². The predicted molar refractivity (Wildman–Crippen MR) is 70.7 cm³/mol. The van der Waals surface area contributed by atoms with Gasteiger partial charge < -0.3 is 15.2 Å². The van der Waals surface area contributed by atoms with E-state index in [1.807, 2.05) is 0 Å². The van der Waals surface area contributed by atoms with Crippen molar-refractivity contribution in [3.05, 3.63) is 29.3 Å². The lowest BCUT2D eigenvalue weighted by Gasteiger charge is -2.36. The van der Waals surface area contributed by atoms with Gasteiger partial charge in [0, 0.05) is 37.2 Å². The Balaban J connectivity index is 1.80. The van der Waals surface area contributed by atoms with Gasteiger partial charge in [-0.05, 0) is 25.8 Å². The average molecular weight is 247 g/mol. The highest BCUT2D eigenvalue weighted by Crippen LogP contribution is 2.38. The van der Waals surface area contributed by atoms with E-state index in [0.29, 0.717) is 5.92 Å². The first-order valence-corrected chi connectivity index (χ1v) is 6.84. The van der Waals surface area contributed by atoms with Crippen LogP contribution in [0.3, 0.4) is 0 Å². The van der Waals surface area contributed by atoms with Crippen LogP contribution in [0.15, 0.2) is 18.2 Å². The van der Waals surface area contributed by atoms with E-state index in [9.17, 15) is 0 Å². The van der Waals surface area contributed by atoms with Gasteiger partial charge in [-0.3, -0.25) is 0 Å². The number of rotatable bonds is 1. The van der Waals surface area contributed by atoms with Crippen LogP contribution in [0.1, 0.15) is 36.4 Å². The Morgan fingerprint density at radius 3 is 2.78 bits per heavy atom. The quantitative estimate of drug-likeness (QED) is 0.829. The van der Waals surface area contributed by atoms with Crippen LogP contribution in [0.2, 0.25) is 0 Å². The minimum Gasteiger partial charge on any atom is -0.490 e. The summed E-state index contributed by atoms with van der Waals surface area (Å²) in [6, 6.07) is 6.43. The Labute approximate surface area is 108 Å².